The van der Waals surface area contributed by atoms with Crippen LogP contribution in [-0.4, -0.2) is 39.0 Å². The fourth-order valence-corrected chi connectivity index (χ4v) is 2.13. The minimum absolute atomic E-state index is 0.0782. The SMILES string of the molecule is CCCCN(C)Cc1nc(C(=O)O)n2ccccc12. The average molecular weight is 261 g/mol. The van der Waals surface area contributed by atoms with Gasteiger partial charge in [0, 0.05) is 12.7 Å². The molecule has 102 valence electrons. The molecule has 2 aromatic heterocycles. The van der Waals surface area contributed by atoms with Crippen LogP contribution < -0.4 is 0 Å². The second-order valence-electron chi connectivity index (χ2n) is 4.73. The van der Waals surface area contributed by atoms with E-state index in [0.717, 1.165) is 30.6 Å². The second kappa shape index (κ2) is 5.84. The molecular weight excluding hydrogens is 242 g/mol. The summed E-state index contributed by atoms with van der Waals surface area (Å²) in [5.74, 6) is -0.918. The highest BCUT2D eigenvalue weighted by atomic mass is 16.4. The van der Waals surface area contributed by atoms with Gasteiger partial charge in [0.05, 0.1) is 11.2 Å². The van der Waals surface area contributed by atoms with Crippen molar-refractivity contribution in [2.24, 2.45) is 0 Å². The predicted octanol–water partition coefficient (Wildman–Crippen LogP) is 2.26. The highest BCUT2D eigenvalue weighted by Gasteiger charge is 2.16. The molecule has 1 N–H and O–H groups in total. The number of hydrogen-bond donors (Lipinski definition) is 1. The quantitative estimate of drug-likeness (QED) is 0.866. The van der Waals surface area contributed by atoms with Gasteiger partial charge in [0.25, 0.3) is 0 Å². The van der Waals surface area contributed by atoms with Gasteiger partial charge in [-0.1, -0.05) is 19.4 Å². The van der Waals surface area contributed by atoms with Crippen molar-refractivity contribution in [2.75, 3.05) is 13.6 Å². The number of fused-ring (bicyclic) bond motifs is 1. The number of carboxylic acid groups (broad SMARTS) is 1. The molecule has 0 unspecified atom stereocenters. The summed E-state index contributed by atoms with van der Waals surface area (Å²) >= 11 is 0. The lowest BCUT2D eigenvalue weighted by Gasteiger charge is -2.14. The normalized spacial score (nSPS) is 11.3. The summed E-state index contributed by atoms with van der Waals surface area (Å²) in [6, 6.07) is 5.62. The lowest BCUT2D eigenvalue weighted by atomic mass is 10.3. The number of aromatic nitrogens is 2. The molecule has 0 amide bonds. The molecule has 0 aromatic carbocycles. The number of rotatable bonds is 6. The first-order valence-electron chi connectivity index (χ1n) is 6.51. The van der Waals surface area contributed by atoms with Gasteiger partial charge in [-0.2, -0.15) is 0 Å². The van der Waals surface area contributed by atoms with Crippen LogP contribution in [0, 0.1) is 0 Å². The van der Waals surface area contributed by atoms with E-state index < -0.39 is 5.97 Å². The van der Waals surface area contributed by atoms with Crippen molar-refractivity contribution < 1.29 is 9.90 Å². The van der Waals surface area contributed by atoms with E-state index >= 15 is 0 Å². The Morgan fingerprint density at radius 1 is 1.47 bits per heavy atom. The summed E-state index contributed by atoms with van der Waals surface area (Å²) in [6.07, 6.45) is 4.02. The Balaban J connectivity index is 2.30. The number of imidazole rings is 1. The molecule has 0 fully saturated rings. The van der Waals surface area contributed by atoms with E-state index in [1.54, 1.807) is 10.6 Å². The van der Waals surface area contributed by atoms with Crippen molar-refractivity contribution in [3.8, 4) is 0 Å². The van der Waals surface area contributed by atoms with Gasteiger partial charge in [0.15, 0.2) is 0 Å². The van der Waals surface area contributed by atoms with Crippen molar-refractivity contribution in [3.63, 3.8) is 0 Å². The first-order chi connectivity index (χ1) is 9.13. The van der Waals surface area contributed by atoms with Gasteiger partial charge in [-0.15, -0.1) is 0 Å². The molecule has 0 saturated carbocycles. The summed E-state index contributed by atoms with van der Waals surface area (Å²) in [5.41, 5.74) is 1.68. The number of carbonyl (C=O) groups is 1. The van der Waals surface area contributed by atoms with Crippen molar-refractivity contribution >= 4 is 11.5 Å². The van der Waals surface area contributed by atoms with Gasteiger partial charge in [0.2, 0.25) is 5.82 Å². The molecule has 2 heterocycles. The number of carboxylic acids is 1. The zero-order chi connectivity index (χ0) is 13.8. The Kier molecular flexibility index (Phi) is 4.16. The smallest absolute Gasteiger partial charge is 0.372 e. The minimum Gasteiger partial charge on any atom is -0.475 e. The molecule has 19 heavy (non-hydrogen) atoms. The molecule has 0 bridgehead atoms. The maximum absolute atomic E-state index is 11.2. The summed E-state index contributed by atoms with van der Waals surface area (Å²) in [5, 5.41) is 9.17. The summed E-state index contributed by atoms with van der Waals surface area (Å²) in [7, 11) is 2.03. The first kappa shape index (κ1) is 13.5. The van der Waals surface area contributed by atoms with E-state index in [9.17, 15) is 9.90 Å². The van der Waals surface area contributed by atoms with Crippen LogP contribution in [0.3, 0.4) is 0 Å². The minimum atomic E-state index is -0.997. The van der Waals surface area contributed by atoms with E-state index in [4.69, 9.17) is 0 Å². The average Bonchev–Trinajstić information content (AvgIpc) is 2.76. The van der Waals surface area contributed by atoms with Crippen LogP contribution in [0.1, 0.15) is 36.1 Å². The molecule has 0 aliphatic rings. The van der Waals surface area contributed by atoms with Crippen LogP contribution in [0.15, 0.2) is 24.4 Å². The third kappa shape index (κ3) is 2.93. The van der Waals surface area contributed by atoms with Gasteiger partial charge in [-0.3, -0.25) is 4.40 Å². The molecular formula is C14H19N3O2. The summed E-state index contributed by atoms with van der Waals surface area (Å²) < 4.78 is 1.63. The monoisotopic (exact) mass is 261 g/mol. The topological polar surface area (TPSA) is 57.8 Å². The lowest BCUT2D eigenvalue weighted by Crippen LogP contribution is -2.19. The van der Waals surface area contributed by atoms with Gasteiger partial charge in [-0.05, 0) is 32.1 Å². The van der Waals surface area contributed by atoms with Crippen molar-refractivity contribution in [2.45, 2.75) is 26.3 Å². The molecule has 2 aromatic rings. The first-order valence-corrected chi connectivity index (χ1v) is 6.51. The third-order valence-corrected chi connectivity index (χ3v) is 3.13. The molecule has 0 aliphatic carbocycles. The Morgan fingerprint density at radius 2 is 2.26 bits per heavy atom. The van der Waals surface area contributed by atoms with Gasteiger partial charge < -0.3 is 10.0 Å². The number of aromatic carboxylic acids is 1. The van der Waals surface area contributed by atoms with Crippen molar-refractivity contribution in [3.05, 3.63) is 35.9 Å². The van der Waals surface area contributed by atoms with Gasteiger partial charge in [0.1, 0.15) is 0 Å². The molecule has 2 rings (SSSR count). The maximum atomic E-state index is 11.2. The van der Waals surface area contributed by atoms with Crippen LogP contribution in [-0.2, 0) is 6.54 Å². The van der Waals surface area contributed by atoms with Crippen LogP contribution >= 0.6 is 0 Å². The molecule has 0 atom stereocenters. The van der Waals surface area contributed by atoms with Gasteiger partial charge in [-0.25, -0.2) is 9.78 Å². The Labute approximate surface area is 112 Å². The van der Waals surface area contributed by atoms with E-state index in [0.29, 0.717) is 6.54 Å². The maximum Gasteiger partial charge on any atom is 0.372 e. The fourth-order valence-electron chi connectivity index (χ4n) is 2.13. The molecule has 0 radical (unpaired) electrons. The van der Waals surface area contributed by atoms with Crippen molar-refractivity contribution in [1.29, 1.82) is 0 Å². The highest BCUT2D eigenvalue weighted by molar-refractivity contribution is 5.85. The molecule has 5 heteroatoms. The summed E-state index contributed by atoms with van der Waals surface area (Å²) in [4.78, 5) is 17.6. The van der Waals surface area contributed by atoms with E-state index in [1.807, 2.05) is 25.2 Å². The Morgan fingerprint density at radius 3 is 2.95 bits per heavy atom. The highest BCUT2D eigenvalue weighted by Crippen LogP contribution is 2.15. The van der Waals surface area contributed by atoms with Crippen LogP contribution in [0.4, 0.5) is 0 Å². The zero-order valence-electron chi connectivity index (χ0n) is 11.3. The largest absolute Gasteiger partial charge is 0.475 e. The van der Waals surface area contributed by atoms with E-state index in [1.165, 1.54) is 0 Å². The number of nitrogens with zero attached hydrogens (tertiary/aromatic N) is 3. The molecule has 5 nitrogen and oxygen atoms in total. The summed E-state index contributed by atoms with van der Waals surface area (Å²) in [6.45, 7) is 3.81. The van der Waals surface area contributed by atoms with Crippen molar-refractivity contribution in [1.82, 2.24) is 14.3 Å². The molecule has 0 aliphatic heterocycles. The lowest BCUT2D eigenvalue weighted by molar-refractivity contribution is 0.0682. The van der Waals surface area contributed by atoms with E-state index in [-0.39, 0.29) is 5.82 Å². The fraction of sp³-hybridized carbons (Fsp3) is 0.429. The number of unbranched alkanes of at least 4 members (excludes halogenated alkanes) is 1. The third-order valence-electron chi connectivity index (χ3n) is 3.13. The Bertz CT molecular complexity index is 577. The van der Waals surface area contributed by atoms with Crippen LogP contribution in [0.5, 0.6) is 0 Å². The van der Waals surface area contributed by atoms with Gasteiger partial charge >= 0.3 is 5.97 Å². The molecule has 0 spiro atoms. The zero-order valence-corrected chi connectivity index (χ0v) is 11.3. The molecule has 0 saturated heterocycles. The second-order valence-corrected chi connectivity index (χ2v) is 4.73. The van der Waals surface area contributed by atoms with Crippen LogP contribution in [0.25, 0.3) is 5.52 Å². The standard InChI is InChI=1S/C14H19N3O2/c1-3-4-8-16(2)10-11-12-7-5-6-9-17(12)13(15-11)14(18)19/h5-7,9H,3-4,8,10H2,1-2H3,(H,18,19). The predicted molar refractivity (Wildman–Crippen MR) is 73.4 cm³/mol. The number of pyridine rings is 1. The van der Waals surface area contributed by atoms with Crippen LogP contribution in [0.2, 0.25) is 0 Å². The number of hydrogen-bond acceptors (Lipinski definition) is 3. The van der Waals surface area contributed by atoms with E-state index in [2.05, 4.69) is 16.8 Å². The Hall–Kier alpha value is -1.88.